The van der Waals surface area contributed by atoms with Gasteiger partial charge in [-0.2, -0.15) is 0 Å². The van der Waals surface area contributed by atoms with Crippen molar-refractivity contribution in [3.05, 3.63) is 113 Å². The average molecular weight is 562 g/mol. The first kappa shape index (κ1) is 23.7. The first-order valence-electron chi connectivity index (χ1n) is 11.7. The van der Waals surface area contributed by atoms with E-state index >= 15 is 0 Å². The average Bonchev–Trinajstić information content (AvgIpc) is 3.36. The van der Waals surface area contributed by atoms with E-state index in [1.807, 2.05) is 0 Å². The molecule has 4 aromatic rings. The quantitative estimate of drug-likeness (QED) is 0.374. The van der Waals surface area contributed by atoms with Crippen LogP contribution in [0.15, 0.2) is 90.6 Å². The fourth-order valence-electron chi connectivity index (χ4n) is 6.46. The fraction of sp³-hybridized carbons (Fsp3) is 0.167. The van der Waals surface area contributed by atoms with E-state index in [0.717, 1.165) is 9.14 Å². The van der Waals surface area contributed by atoms with Crippen LogP contribution in [0.25, 0.3) is 34.2 Å². The van der Waals surface area contributed by atoms with Crippen LogP contribution >= 0.6 is 0 Å². The normalized spacial score (nSPS) is 19.7. The van der Waals surface area contributed by atoms with Crippen LogP contribution in [-0.2, 0) is 20.3 Å². The van der Waals surface area contributed by atoms with Gasteiger partial charge in [-0.25, -0.2) is 0 Å². The Balaban J connectivity index is 0.00000120. The predicted octanol–water partition coefficient (Wildman–Crippen LogP) is 2.14. The van der Waals surface area contributed by atoms with Gasteiger partial charge in [0.1, 0.15) is 0 Å². The Morgan fingerprint density at radius 2 is 1.62 bits per heavy atom. The molecule has 2 aliphatic carbocycles. The van der Waals surface area contributed by atoms with Gasteiger partial charge in [0.25, 0.3) is 0 Å². The van der Waals surface area contributed by atoms with E-state index in [4.69, 9.17) is 4.98 Å². The van der Waals surface area contributed by atoms with Crippen LogP contribution in [0.1, 0.15) is 36.4 Å². The molecule has 0 amide bonds. The number of hydrogen-bond donors (Lipinski definition) is 0. The number of aromatic nitrogens is 1. The van der Waals surface area contributed by atoms with E-state index in [-0.39, 0.29) is 24.8 Å². The maximum Gasteiger partial charge on any atom is -1.00 e. The van der Waals surface area contributed by atoms with E-state index in [1.54, 1.807) is 16.7 Å². The summed E-state index contributed by atoms with van der Waals surface area (Å²) in [7, 11) is 0. The van der Waals surface area contributed by atoms with Crippen LogP contribution in [0, 0.1) is 0 Å². The molecule has 3 aromatic carbocycles. The van der Waals surface area contributed by atoms with Gasteiger partial charge >= 0.3 is 195 Å². The van der Waals surface area contributed by atoms with E-state index in [9.17, 15) is 0 Å². The predicted molar refractivity (Wildman–Crippen MR) is 131 cm³/mol. The van der Waals surface area contributed by atoms with Crippen molar-refractivity contribution in [3.63, 3.8) is 0 Å². The van der Waals surface area contributed by atoms with Crippen molar-refractivity contribution in [1.82, 2.24) is 4.98 Å². The number of para-hydroxylation sites is 1. The van der Waals surface area contributed by atoms with Crippen molar-refractivity contribution in [3.8, 4) is 11.1 Å². The Morgan fingerprint density at radius 1 is 0.853 bits per heavy atom. The Hall–Kier alpha value is -1.99. The number of pyridine rings is 1. The minimum absolute atomic E-state index is 0. The molecule has 1 aromatic heterocycles. The Labute approximate surface area is 218 Å². The van der Waals surface area contributed by atoms with E-state index in [0.29, 0.717) is 3.63 Å². The van der Waals surface area contributed by atoms with E-state index in [1.165, 1.54) is 35.9 Å². The number of hydrogen-bond acceptors (Lipinski definition) is 1. The zero-order valence-corrected chi connectivity index (χ0v) is 23.0. The third-order valence-electron chi connectivity index (χ3n) is 8.00. The minimum Gasteiger partial charge on any atom is -1.00 e. The van der Waals surface area contributed by atoms with Gasteiger partial charge in [0, 0.05) is 0 Å². The molecule has 3 aliphatic rings. The molecular weight excluding hydrogens is 536 g/mol. The zero-order chi connectivity index (χ0) is 21.3. The van der Waals surface area contributed by atoms with Crippen molar-refractivity contribution in [2.75, 3.05) is 0 Å². The first-order chi connectivity index (χ1) is 15.7. The molecule has 0 saturated carbocycles. The number of allylic oxidation sites excluding steroid dienone is 2. The van der Waals surface area contributed by atoms with Gasteiger partial charge in [0.15, 0.2) is 0 Å². The minimum atomic E-state index is -2.42. The summed E-state index contributed by atoms with van der Waals surface area (Å²) < 4.78 is 4.45. The van der Waals surface area contributed by atoms with Gasteiger partial charge in [0.2, 0.25) is 0 Å². The molecule has 2 heterocycles. The number of fused-ring (bicyclic) bond motifs is 3. The molecule has 1 saturated heterocycles. The second kappa shape index (κ2) is 8.90. The molecule has 1 fully saturated rings. The number of rotatable bonds is 3. The van der Waals surface area contributed by atoms with Gasteiger partial charge in [-0.15, -0.1) is 0 Å². The maximum atomic E-state index is 4.75. The van der Waals surface area contributed by atoms with Crippen LogP contribution in [0.5, 0.6) is 0 Å². The molecule has 0 bridgehead atoms. The van der Waals surface area contributed by atoms with Gasteiger partial charge in [-0.05, 0) is 0 Å². The van der Waals surface area contributed by atoms with Gasteiger partial charge < -0.3 is 24.8 Å². The molecular formula is C30H25Cl2NZr. The van der Waals surface area contributed by atoms with E-state index < -0.39 is 20.3 Å². The summed E-state index contributed by atoms with van der Waals surface area (Å²) in [4.78, 5) is 4.75. The molecule has 7 rings (SSSR count). The van der Waals surface area contributed by atoms with Crippen LogP contribution < -0.4 is 24.8 Å². The van der Waals surface area contributed by atoms with Crippen molar-refractivity contribution >= 4 is 23.1 Å². The number of halogens is 2. The van der Waals surface area contributed by atoms with E-state index in [2.05, 4.69) is 104 Å². The summed E-state index contributed by atoms with van der Waals surface area (Å²) in [5.74, 6) is 0. The fourth-order valence-corrected chi connectivity index (χ4v) is 23.1. The van der Waals surface area contributed by atoms with Crippen LogP contribution in [0.2, 0.25) is 8.26 Å². The van der Waals surface area contributed by atoms with Crippen molar-refractivity contribution < 1.29 is 45.1 Å². The van der Waals surface area contributed by atoms with Crippen LogP contribution in [0.3, 0.4) is 0 Å². The Morgan fingerprint density at radius 3 is 2.47 bits per heavy atom. The first-order valence-corrected chi connectivity index (χ1v) is 18.0. The number of benzene rings is 3. The van der Waals surface area contributed by atoms with Crippen molar-refractivity contribution in [2.24, 2.45) is 0 Å². The SMILES string of the molecule is CC1=Cc2c(-c3cnc4ccccc4c3)cccc2[CH]1[Zr+2]1([CH]2C=Cc3ccccc32)[CH2][CH2]1.[Cl-].[Cl-]. The summed E-state index contributed by atoms with van der Waals surface area (Å²) >= 11 is -2.42. The summed E-state index contributed by atoms with van der Waals surface area (Å²) in [6.45, 7) is 2.40. The molecule has 1 nitrogen and oxygen atoms in total. The number of nitrogens with zero attached hydrogens (tertiary/aromatic N) is 1. The zero-order valence-electron chi connectivity index (χ0n) is 19.0. The molecule has 0 radical (unpaired) electrons. The summed E-state index contributed by atoms with van der Waals surface area (Å²) in [5.41, 5.74) is 11.3. The van der Waals surface area contributed by atoms with Crippen molar-refractivity contribution in [1.29, 1.82) is 0 Å². The summed E-state index contributed by atoms with van der Waals surface area (Å²) in [6, 6.07) is 26.8. The molecule has 2 unspecified atom stereocenters. The molecule has 2 atom stereocenters. The van der Waals surface area contributed by atoms with Gasteiger partial charge in [-0.1, -0.05) is 0 Å². The molecule has 0 spiro atoms. The second-order valence-corrected chi connectivity index (χ2v) is 21.2. The largest absolute Gasteiger partial charge is 1.00 e. The van der Waals surface area contributed by atoms with Gasteiger partial charge in [-0.3, -0.25) is 0 Å². The Bertz CT molecular complexity index is 1470. The molecule has 1 aliphatic heterocycles. The summed E-state index contributed by atoms with van der Waals surface area (Å²) in [6.07, 6.45) is 9.52. The van der Waals surface area contributed by atoms with Crippen LogP contribution in [-0.4, -0.2) is 4.98 Å². The molecule has 0 N–H and O–H groups in total. The van der Waals surface area contributed by atoms with Gasteiger partial charge in [0.05, 0.1) is 0 Å². The topological polar surface area (TPSA) is 12.9 Å². The standard InChI is InChI=1S/C19H14N.C9H7.C2H4.2ClH.Zr/c1-13-9-14-6-4-7-17(18(14)10-13)16-11-15-5-2-3-8-19(15)20-12-16;1-2-5-9-7-3-6-8(9)4-1;1-2;;;/h2-12H,1H3;1-7H;1-2H2;2*1H;/q;;;;;+2/p-2. The Kier molecular flexibility index (Phi) is 6.22. The maximum absolute atomic E-state index is 4.75. The third kappa shape index (κ3) is 3.50. The molecule has 4 heteroatoms. The third-order valence-corrected chi connectivity index (χ3v) is 21.1. The second-order valence-electron chi connectivity index (χ2n) is 9.75. The molecule has 34 heavy (non-hydrogen) atoms. The smallest absolute Gasteiger partial charge is 1.00 e. The summed E-state index contributed by atoms with van der Waals surface area (Å²) in [5, 5.41) is 1.21. The molecule has 168 valence electrons. The van der Waals surface area contributed by atoms with Crippen molar-refractivity contribution in [2.45, 2.75) is 22.4 Å². The van der Waals surface area contributed by atoms with Crippen LogP contribution in [0.4, 0.5) is 0 Å². The monoisotopic (exact) mass is 559 g/mol.